The lowest BCUT2D eigenvalue weighted by molar-refractivity contribution is -0.120. The fraction of sp³-hybridized carbons (Fsp3) is 0.387. The van der Waals surface area contributed by atoms with Gasteiger partial charge in [0.25, 0.3) is 0 Å². The first kappa shape index (κ1) is 27.3. The maximum Gasteiger partial charge on any atom is 0.227 e. The molecular weight excluding hydrogens is 474 g/mol. The average Bonchev–Trinajstić information content (AvgIpc) is 2.88. The fourth-order valence-electron chi connectivity index (χ4n) is 4.57. The Bertz CT molecular complexity index is 1300. The van der Waals surface area contributed by atoms with E-state index in [9.17, 15) is 4.79 Å². The van der Waals surface area contributed by atoms with Crippen molar-refractivity contribution in [3.63, 3.8) is 0 Å². The largest absolute Gasteiger partial charge is 0.457 e. The van der Waals surface area contributed by atoms with Crippen molar-refractivity contribution in [2.75, 3.05) is 32.5 Å². The summed E-state index contributed by atoms with van der Waals surface area (Å²) >= 11 is 0. The number of amidine groups is 1. The number of aromatic nitrogens is 1. The molecule has 3 aromatic rings. The predicted molar refractivity (Wildman–Crippen MR) is 153 cm³/mol. The molecule has 7 heteroatoms. The number of hydrogen-bond acceptors (Lipinski definition) is 5. The number of pyridine rings is 1. The number of rotatable bonds is 8. The third-order valence-electron chi connectivity index (χ3n) is 6.86. The molecule has 200 valence electrons. The molecule has 0 radical (unpaired) electrons. The van der Waals surface area contributed by atoms with Gasteiger partial charge < -0.3 is 20.3 Å². The Kier molecular flexibility index (Phi) is 8.47. The van der Waals surface area contributed by atoms with Crippen LogP contribution in [0.25, 0.3) is 0 Å². The number of amides is 1. The van der Waals surface area contributed by atoms with Crippen molar-refractivity contribution < 1.29 is 9.53 Å². The van der Waals surface area contributed by atoms with E-state index in [-0.39, 0.29) is 23.1 Å². The van der Waals surface area contributed by atoms with Gasteiger partial charge in [-0.05, 0) is 85.8 Å². The lowest BCUT2D eigenvalue weighted by Gasteiger charge is -2.25. The summed E-state index contributed by atoms with van der Waals surface area (Å²) in [5.41, 5.74) is 5.01. The normalized spacial score (nSPS) is 15.1. The van der Waals surface area contributed by atoms with Gasteiger partial charge in [-0.1, -0.05) is 39.0 Å². The third-order valence-corrected chi connectivity index (χ3v) is 6.86. The minimum Gasteiger partial charge on any atom is -0.457 e. The van der Waals surface area contributed by atoms with Crippen LogP contribution in [0.1, 0.15) is 49.6 Å². The Morgan fingerprint density at radius 3 is 2.63 bits per heavy atom. The molecule has 1 aliphatic rings. The molecule has 0 fully saturated rings. The molecule has 0 spiro atoms. The van der Waals surface area contributed by atoms with Gasteiger partial charge in [-0.25, -0.2) is 0 Å². The summed E-state index contributed by atoms with van der Waals surface area (Å²) in [7, 11) is 3.99. The fourth-order valence-corrected chi connectivity index (χ4v) is 4.57. The van der Waals surface area contributed by atoms with Gasteiger partial charge in [0.05, 0.1) is 0 Å². The topological polar surface area (TPSA) is 90.3 Å². The molecule has 4 rings (SSSR count). The van der Waals surface area contributed by atoms with Crippen LogP contribution in [0, 0.1) is 11.3 Å². The van der Waals surface area contributed by atoms with Gasteiger partial charge in [-0.2, -0.15) is 0 Å². The van der Waals surface area contributed by atoms with Gasteiger partial charge in [-0.15, -0.1) is 0 Å². The number of nitrogens with one attached hydrogen (secondary N) is 3. The first-order valence-electron chi connectivity index (χ1n) is 13.2. The lowest BCUT2D eigenvalue weighted by atomic mass is 9.83. The average molecular weight is 514 g/mol. The summed E-state index contributed by atoms with van der Waals surface area (Å²) in [5, 5.41) is 14.5. The summed E-state index contributed by atoms with van der Waals surface area (Å²) in [6, 6.07) is 17.8. The SMILES string of the molecule is CN(C)CCNC(=N)c1cc(Oc2ccc3c(c2)CC(C(=O)Nc2cccc(C(C)(C)C)c2)CC3)ccn1. The zero-order valence-electron chi connectivity index (χ0n) is 23.1. The van der Waals surface area contributed by atoms with Crippen LogP contribution in [0.4, 0.5) is 5.69 Å². The van der Waals surface area contributed by atoms with E-state index in [2.05, 4.69) is 59.5 Å². The summed E-state index contributed by atoms with van der Waals surface area (Å²) in [6.45, 7) is 8.01. The molecule has 2 aromatic carbocycles. The van der Waals surface area contributed by atoms with E-state index in [1.807, 2.05) is 38.4 Å². The number of likely N-dealkylation sites (N-methyl/N-ethyl adjacent to an activating group) is 1. The molecule has 3 N–H and O–H groups in total. The number of benzene rings is 2. The molecule has 0 saturated heterocycles. The second-order valence-electron chi connectivity index (χ2n) is 11.3. The monoisotopic (exact) mass is 513 g/mol. The van der Waals surface area contributed by atoms with E-state index in [1.54, 1.807) is 18.3 Å². The maximum absolute atomic E-state index is 13.1. The van der Waals surface area contributed by atoms with Crippen LogP contribution in [0.15, 0.2) is 60.8 Å². The molecule has 38 heavy (non-hydrogen) atoms. The Hall–Kier alpha value is -3.71. The highest BCUT2D eigenvalue weighted by Gasteiger charge is 2.25. The standard InChI is InChI=1S/C31H39N5O2/c1-31(2,3)24-7-6-8-25(19-24)35-30(37)22-10-9-21-11-12-26(18-23(21)17-22)38-27-13-14-33-28(20-27)29(32)34-15-16-36(4)5/h6-8,11-14,18-20,22H,9-10,15-17H2,1-5H3,(H2,32,34)(H,35,37). The van der Waals surface area contributed by atoms with Crippen molar-refractivity contribution in [2.24, 2.45) is 5.92 Å². The van der Waals surface area contributed by atoms with Crippen molar-refractivity contribution >= 4 is 17.4 Å². The van der Waals surface area contributed by atoms with Crippen molar-refractivity contribution in [1.29, 1.82) is 5.41 Å². The van der Waals surface area contributed by atoms with Crippen LogP contribution in [-0.4, -0.2) is 48.8 Å². The molecule has 1 amide bonds. The molecule has 1 unspecified atom stereocenters. The maximum atomic E-state index is 13.1. The van der Waals surface area contributed by atoms with Gasteiger partial charge in [0.1, 0.15) is 23.0 Å². The first-order chi connectivity index (χ1) is 18.1. The van der Waals surface area contributed by atoms with E-state index in [1.165, 1.54) is 11.1 Å². The Labute approximate surface area is 226 Å². The highest BCUT2D eigenvalue weighted by atomic mass is 16.5. The second kappa shape index (κ2) is 11.8. The van der Waals surface area contributed by atoms with Gasteiger partial charge in [0, 0.05) is 37.0 Å². The predicted octanol–water partition coefficient (Wildman–Crippen LogP) is 5.39. The molecule has 1 aliphatic carbocycles. The van der Waals surface area contributed by atoms with Crippen LogP contribution in [0.2, 0.25) is 0 Å². The molecule has 1 aromatic heterocycles. The number of carbonyl (C=O) groups is 1. The number of fused-ring (bicyclic) bond motifs is 1. The van der Waals surface area contributed by atoms with Gasteiger partial charge in [0.15, 0.2) is 0 Å². The molecule has 0 saturated carbocycles. The Balaban J connectivity index is 1.40. The molecular formula is C31H39N5O2. The second-order valence-corrected chi connectivity index (χ2v) is 11.3. The molecule has 7 nitrogen and oxygen atoms in total. The first-order valence-corrected chi connectivity index (χ1v) is 13.2. The zero-order valence-corrected chi connectivity index (χ0v) is 23.1. The highest BCUT2D eigenvalue weighted by molar-refractivity contribution is 5.94. The van der Waals surface area contributed by atoms with Gasteiger partial charge >= 0.3 is 0 Å². The van der Waals surface area contributed by atoms with Crippen molar-refractivity contribution in [3.05, 3.63) is 83.2 Å². The zero-order chi connectivity index (χ0) is 27.3. The number of hydrogen-bond donors (Lipinski definition) is 3. The lowest BCUT2D eigenvalue weighted by Crippen LogP contribution is -2.31. The Morgan fingerprint density at radius 2 is 1.87 bits per heavy atom. The third kappa shape index (κ3) is 7.19. The summed E-state index contributed by atoms with van der Waals surface area (Å²) in [5.74, 6) is 1.58. The molecule has 0 aliphatic heterocycles. The van der Waals surface area contributed by atoms with E-state index in [0.29, 0.717) is 30.2 Å². The molecule has 1 heterocycles. The summed E-state index contributed by atoms with van der Waals surface area (Å²) in [4.78, 5) is 19.5. The van der Waals surface area contributed by atoms with Gasteiger partial charge in [-0.3, -0.25) is 15.2 Å². The number of anilines is 1. The molecule has 0 bridgehead atoms. The quantitative estimate of drug-likeness (QED) is 0.278. The van der Waals surface area contributed by atoms with E-state index in [0.717, 1.165) is 30.6 Å². The van der Waals surface area contributed by atoms with Crippen molar-refractivity contribution in [1.82, 2.24) is 15.2 Å². The van der Waals surface area contributed by atoms with Crippen LogP contribution in [-0.2, 0) is 23.1 Å². The number of ether oxygens (including phenoxy) is 1. The van der Waals surface area contributed by atoms with Crippen LogP contribution < -0.4 is 15.4 Å². The highest BCUT2D eigenvalue weighted by Crippen LogP contribution is 2.32. The van der Waals surface area contributed by atoms with E-state index < -0.39 is 0 Å². The van der Waals surface area contributed by atoms with Gasteiger partial charge in [0.2, 0.25) is 5.91 Å². The van der Waals surface area contributed by atoms with Crippen molar-refractivity contribution in [3.8, 4) is 11.5 Å². The van der Waals surface area contributed by atoms with Crippen LogP contribution >= 0.6 is 0 Å². The molecule has 1 atom stereocenters. The minimum atomic E-state index is -0.0858. The van der Waals surface area contributed by atoms with Crippen LogP contribution in [0.3, 0.4) is 0 Å². The smallest absolute Gasteiger partial charge is 0.227 e. The summed E-state index contributed by atoms with van der Waals surface area (Å²) in [6.07, 6.45) is 4.03. The number of carbonyl (C=O) groups excluding carboxylic acids is 1. The Morgan fingerprint density at radius 1 is 1.08 bits per heavy atom. The van der Waals surface area contributed by atoms with Crippen molar-refractivity contribution in [2.45, 2.75) is 45.4 Å². The van der Waals surface area contributed by atoms with Crippen LogP contribution in [0.5, 0.6) is 11.5 Å². The minimum absolute atomic E-state index is 0.0271. The van der Waals surface area contributed by atoms with E-state index in [4.69, 9.17) is 10.1 Å². The number of aryl methyl sites for hydroxylation is 1. The number of nitrogens with zero attached hydrogens (tertiary/aromatic N) is 2. The van der Waals surface area contributed by atoms with E-state index >= 15 is 0 Å². The summed E-state index contributed by atoms with van der Waals surface area (Å²) < 4.78 is 6.14.